The van der Waals surface area contributed by atoms with Crippen molar-refractivity contribution >= 4 is 34.3 Å². The molecule has 0 aliphatic rings. The Morgan fingerprint density at radius 2 is 2.06 bits per heavy atom. The number of carbonyl (C=O) groups is 1. The van der Waals surface area contributed by atoms with Crippen molar-refractivity contribution in [3.8, 4) is 11.5 Å². The van der Waals surface area contributed by atoms with Crippen LogP contribution in [-0.2, 0) is 9.53 Å². The highest BCUT2D eigenvalue weighted by molar-refractivity contribution is 9.10. The smallest absolute Gasteiger partial charge is 0.327 e. The van der Waals surface area contributed by atoms with Crippen molar-refractivity contribution in [3.63, 3.8) is 0 Å². The number of ether oxygens (including phenoxy) is 2. The van der Waals surface area contributed by atoms with Gasteiger partial charge in [-0.3, -0.25) is 4.79 Å². The van der Waals surface area contributed by atoms with Crippen LogP contribution < -0.4 is 10.5 Å². The molecule has 0 aliphatic carbocycles. The molecule has 0 saturated carbocycles. The lowest BCUT2D eigenvalue weighted by Crippen LogP contribution is -2.22. The summed E-state index contributed by atoms with van der Waals surface area (Å²) in [6, 6.07) is 2.02. The van der Waals surface area contributed by atoms with E-state index in [9.17, 15) is 9.90 Å². The zero-order chi connectivity index (χ0) is 12.3. The average molecular weight is 327 g/mol. The van der Waals surface area contributed by atoms with Crippen LogP contribution >= 0.6 is 28.3 Å². The van der Waals surface area contributed by atoms with Crippen LogP contribution in [0.25, 0.3) is 0 Å². The van der Waals surface area contributed by atoms with Crippen LogP contribution in [0.15, 0.2) is 16.6 Å². The lowest BCUT2D eigenvalue weighted by Gasteiger charge is -2.13. The van der Waals surface area contributed by atoms with E-state index in [0.29, 0.717) is 10.2 Å². The number of methoxy groups -OCH3 is 2. The molecule has 3 N–H and O–H groups in total. The SMILES string of the molecule is COC(=O)[C@H](N)c1cc(OC)cc(Br)c1O.Cl. The zero-order valence-corrected chi connectivity index (χ0v) is 11.7. The molecule has 1 rings (SSSR count). The number of rotatable bonds is 3. The maximum absolute atomic E-state index is 11.3. The molecule has 0 fully saturated rings. The Bertz CT molecular complexity index is 414. The van der Waals surface area contributed by atoms with Gasteiger partial charge >= 0.3 is 5.97 Å². The monoisotopic (exact) mass is 325 g/mol. The third-order valence-electron chi connectivity index (χ3n) is 2.09. The summed E-state index contributed by atoms with van der Waals surface area (Å²) >= 11 is 3.14. The van der Waals surface area contributed by atoms with Gasteiger partial charge in [-0.15, -0.1) is 12.4 Å². The predicted octanol–water partition coefficient (Wildman–Crippen LogP) is 1.76. The fraction of sp³-hybridized carbons (Fsp3) is 0.300. The van der Waals surface area contributed by atoms with E-state index in [1.54, 1.807) is 6.07 Å². The summed E-state index contributed by atoms with van der Waals surface area (Å²) in [6.45, 7) is 0. The summed E-state index contributed by atoms with van der Waals surface area (Å²) in [4.78, 5) is 11.3. The summed E-state index contributed by atoms with van der Waals surface area (Å²) < 4.78 is 9.91. The molecule has 0 spiro atoms. The molecule has 0 bridgehead atoms. The molecule has 96 valence electrons. The minimum atomic E-state index is -1.05. The molecule has 0 aliphatic heterocycles. The maximum Gasteiger partial charge on any atom is 0.327 e. The Hall–Kier alpha value is -0.980. The van der Waals surface area contributed by atoms with E-state index in [1.165, 1.54) is 20.3 Å². The second-order valence-corrected chi connectivity index (χ2v) is 3.90. The number of halogens is 2. The molecule has 0 saturated heterocycles. The lowest BCUT2D eigenvalue weighted by molar-refractivity contribution is -0.142. The molecule has 0 radical (unpaired) electrons. The van der Waals surface area contributed by atoms with Crippen molar-refractivity contribution < 1.29 is 19.4 Å². The molecule has 17 heavy (non-hydrogen) atoms. The van der Waals surface area contributed by atoms with Crippen molar-refractivity contribution in [1.29, 1.82) is 0 Å². The highest BCUT2D eigenvalue weighted by Gasteiger charge is 2.22. The number of hydrogen-bond donors (Lipinski definition) is 2. The van der Waals surface area contributed by atoms with Gasteiger partial charge in [-0.25, -0.2) is 0 Å². The summed E-state index contributed by atoms with van der Waals surface area (Å²) in [5, 5.41) is 9.74. The highest BCUT2D eigenvalue weighted by Crippen LogP contribution is 2.35. The van der Waals surface area contributed by atoms with Crippen LogP contribution in [0.1, 0.15) is 11.6 Å². The summed E-state index contributed by atoms with van der Waals surface area (Å²) in [7, 11) is 2.71. The fourth-order valence-corrected chi connectivity index (χ4v) is 1.66. The summed E-state index contributed by atoms with van der Waals surface area (Å²) in [5.41, 5.74) is 5.88. The van der Waals surface area contributed by atoms with Crippen molar-refractivity contribution in [1.82, 2.24) is 0 Å². The first-order valence-corrected chi connectivity index (χ1v) is 5.20. The van der Waals surface area contributed by atoms with E-state index in [-0.39, 0.29) is 23.7 Å². The quantitative estimate of drug-likeness (QED) is 0.827. The predicted molar refractivity (Wildman–Crippen MR) is 68.6 cm³/mol. The number of phenolic OH excluding ortho intramolecular Hbond substituents is 1. The molecule has 0 aromatic heterocycles. The van der Waals surface area contributed by atoms with Crippen LogP contribution in [0, 0.1) is 0 Å². The largest absolute Gasteiger partial charge is 0.506 e. The van der Waals surface area contributed by atoms with Crippen LogP contribution in [0.4, 0.5) is 0 Å². The highest BCUT2D eigenvalue weighted by atomic mass is 79.9. The van der Waals surface area contributed by atoms with Crippen molar-refractivity contribution in [2.45, 2.75) is 6.04 Å². The Morgan fingerprint density at radius 1 is 1.47 bits per heavy atom. The lowest BCUT2D eigenvalue weighted by atomic mass is 10.1. The first kappa shape index (κ1) is 16.0. The molecule has 0 heterocycles. The van der Waals surface area contributed by atoms with Gasteiger partial charge in [-0.05, 0) is 28.1 Å². The number of carbonyl (C=O) groups excluding carboxylic acids is 1. The molecule has 5 nitrogen and oxygen atoms in total. The molecular weight excluding hydrogens is 313 g/mol. The summed E-state index contributed by atoms with van der Waals surface area (Å²) in [5.74, 6) is -0.242. The molecule has 0 unspecified atom stereocenters. The minimum Gasteiger partial charge on any atom is -0.506 e. The van der Waals surface area contributed by atoms with Crippen LogP contribution in [0.2, 0.25) is 0 Å². The van der Waals surface area contributed by atoms with Crippen molar-refractivity contribution in [2.24, 2.45) is 5.73 Å². The molecule has 7 heteroatoms. The third-order valence-corrected chi connectivity index (χ3v) is 2.70. The number of hydrogen-bond acceptors (Lipinski definition) is 5. The van der Waals surface area contributed by atoms with E-state index in [0.717, 1.165) is 0 Å². The summed E-state index contributed by atoms with van der Waals surface area (Å²) in [6.07, 6.45) is 0. The topological polar surface area (TPSA) is 81.8 Å². The van der Waals surface area contributed by atoms with Gasteiger partial charge in [-0.2, -0.15) is 0 Å². The molecule has 1 aromatic carbocycles. The third kappa shape index (κ3) is 3.49. The number of nitrogens with two attached hydrogens (primary N) is 1. The Labute approximate surface area is 113 Å². The van der Waals surface area contributed by atoms with E-state index >= 15 is 0 Å². The van der Waals surface area contributed by atoms with E-state index in [1.807, 2.05) is 0 Å². The van der Waals surface area contributed by atoms with Gasteiger partial charge in [-0.1, -0.05) is 0 Å². The van der Waals surface area contributed by atoms with Gasteiger partial charge in [0.1, 0.15) is 17.5 Å². The van der Waals surface area contributed by atoms with E-state index < -0.39 is 12.0 Å². The second-order valence-electron chi connectivity index (χ2n) is 3.05. The zero-order valence-electron chi connectivity index (χ0n) is 9.27. The molecule has 0 amide bonds. The molecular formula is C10H13BrClNO4. The van der Waals surface area contributed by atoms with E-state index in [4.69, 9.17) is 10.5 Å². The van der Waals surface area contributed by atoms with Gasteiger partial charge in [0.2, 0.25) is 0 Å². The Kier molecular flexibility index (Phi) is 6.30. The standard InChI is InChI=1S/C10H12BrNO4.ClH/c1-15-5-3-6(8(12)10(14)16-2)9(13)7(11)4-5;/h3-4,8,13H,12H2,1-2H3;1H/t8-;/m1./s1. The van der Waals surface area contributed by atoms with Crippen molar-refractivity contribution in [2.75, 3.05) is 14.2 Å². The van der Waals surface area contributed by atoms with Crippen LogP contribution in [0.5, 0.6) is 11.5 Å². The first-order chi connectivity index (χ1) is 7.51. The van der Waals surface area contributed by atoms with Crippen LogP contribution in [-0.4, -0.2) is 25.3 Å². The number of aromatic hydroxyl groups is 1. The number of benzene rings is 1. The minimum absolute atomic E-state index is 0. The maximum atomic E-state index is 11.3. The van der Waals surface area contributed by atoms with Gasteiger partial charge in [0.15, 0.2) is 0 Å². The van der Waals surface area contributed by atoms with Gasteiger partial charge < -0.3 is 20.3 Å². The Morgan fingerprint density at radius 3 is 2.53 bits per heavy atom. The first-order valence-electron chi connectivity index (χ1n) is 4.41. The normalized spacial score (nSPS) is 11.3. The van der Waals surface area contributed by atoms with E-state index in [2.05, 4.69) is 20.7 Å². The number of phenols is 1. The Balaban J connectivity index is 0.00000256. The average Bonchev–Trinajstić information content (AvgIpc) is 2.30. The van der Waals surface area contributed by atoms with Gasteiger partial charge in [0.05, 0.1) is 18.7 Å². The van der Waals surface area contributed by atoms with Gasteiger partial charge in [0, 0.05) is 5.56 Å². The molecule has 1 aromatic rings. The fourth-order valence-electron chi connectivity index (χ4n) is 1.20. The van der Waals surface area contributed by atoms with Crippen molar-refractivity contribution in [3.05, 3.63) is 22.2 Å². The molecule has 1 atom stereocenters. The van der Waals surface area contributed by atoms with Gasteiger partial charge in [0.25, 0.3) is 0 Å². The van der Waals surface area contributed by atoms with Crippen LogP contribution in [0.3, 0.4) is 0 Å². The number of esters is 1. The second kappa shape index (κ2) is 6.68.